The topological polar surface area (TPSA) is 95.4 Å². The normalized spacial score (nSPS) is 9.56. The van der Waals surface area contributed by atoms with Crippen LogP contribution < -0.4 is 5.32 Å². The molecule has 0 fully saturated rings. The molecule has 0 bridgehead atoms. The van der Waals surface area contributed by atoms with E-state index in [0.717, 1.165) is 4.90 Å². The van der Waals surface area contributed by atoms with Gasteiger partial charge in [0, 0.05) is 6.54 Å². The molecule has 0 atom stereocenters. The number of hydrogen-bond acceptors (Lipinski definition) is 4. The first-order valence-electron chi connectivity index (χ1n) is 4.66. The average Bonchev–Trinajstić information content (AvgIpc) is 2.26. The van der Waals surface area contributed by atoms with Gasteiger partial charge in [0.05, 0.1) is 18.1 Å². The van der Waals surface area contributed by atoms with Gasteiger partial charge in [0.25, 0.3) is 0 Å². The molecule has 7 nitrogen and oxygen atoms in total. The molecule has 2 amide bonds. The number of carbonyl (C=O) groups is 2. The fourth-order valence-corrected chi connectivity index (χ4v) is 1.06. The van der Waals surface area contributed by atoms with Gasteiger partial charge < -0.3 is 15.3 Å². The number of nitrogens with zero attached hydrogens (tertiary/aromatic N) is 3. The monoisotopic (exact) mass is 224 g/mol. The molecule has 1 aromatic heterocycles. The van der Waals surface area contributed by atoms with Crippen LogP contribution in [0.2, 0.25) is 0 Å². The van der Waals surface area contributed by atoms with Crippen molar-refractivity contribution in [3.8, 4) is 0 Å². The highest BCUT2D eigenvalue weighted by atomic mass is 16.4. The number of nitrogens with one attached hydrogen (secondary N) is 1. The Morgan fingerprint density at radius 2 is 2.06 bits per heavy atom. The van der Waals surface area contributed by atoms with Crippen LogP contribution in [0.5, 0.6) is 0 Å². The number of carbonyl (C=O) groups excluding carboxylic acids is 1. The van der Waals surface area contributed by atoms with E-state index in [4.69, 9.17) is 5.11 Å². The van der Waals surface area contributed by atoms with Gasteiger partial charge in [-0.2, -0.15) is 0 Å². The molecule has 0 saturated heterocycles. The van der Waals surface area contributed by atoms with Gasteiger partial charge in [-0.3, -0.25) is 4.79 Å². The molecule has 0 aliphatic rings. The predicted molar refractivity (Wildman–Crippen MR) is 55.9 cm³/mol. The third-order valence-corrected chi connectivity index (χ3v) is 1.81. The minimum Gasteiger partial charge on any atom is -0.480 e. The van der Waals surface area contributed by atoms with Gasteiger partial charge >= 0.3 is 12.0 Å². The van der Waals surface area contributed by atoms with Crippen LogP contribution in [0.3, 0.4) is 0 Å². The summed E-state index contributed by atoms with van der Waals surface area (Å²) in [6.45, 7) is 1.67. The maximum absolute atomic E-state index is 11.6. The summed E-state index contributed by atoms with van der Waals surface area (Å²) in [4.78, 5) is 30.7. The lowest BCUT2D eigenvalue weighted by atomic mass is 10.5. The van der Waals surface area contributed by atoms with Gasteiger partial charge in [0.2, 0.25) is 0 Å². The van der Waals surface area contributed by atoms with Crippen LogP contribution in [-0.4, -0.2) is 45.1 Å². The Kier molecular flexibility index (Phi) is 4.19. The number of likely N-dealkylation sites (N-methyl/N-ethyl adjacent to an activating group) is 1. The van der Waals surface area contributed by atoms with Crippen molar-refractivity contribution >= 4 is 17.7 Å². The standard InChI is InChI=1S/C9H12N4O3/c1-2-13(5-8(14)15)9(16)12-7-3-10-6-11-4-7/h3-4,6H,2,5H2,1H3,(H,12,16)(H,14,15). The number of aliphatic carboxylic acids is 1. The van der Waals surface area contributed by atoms with E-state index in [1.807, 2.05) is 0 Å². The minimum absolute atomic E-state index is 0.311. The number of rotatable bonds is 4. The SMILES string of the molecule is CCN(CC(=O)O)C(=O)Nc1cncnc1. The van der Waals surface area contributed by atoms with E-state index >= 15 is 0 Å². The third kappa shape index (κ3) is 3.52. The van der Waals surface area contributed by atoms with E-state index in [-0.39, 0.29) is 6.54 Å². The second kappa shape index (κ2) is 5.64. The molecular formula is C9H12N4O3. The van der Waals surface area contributed by atoms with Crippen LogP contribution >= 0.6 is 0 Å². The van der Waals surface area contributed by atoms with Crippen molar-refractivity contribution in [2.45, 2.75) is 6.92 Å². The minimum atomic E-state index is -1.05. The highest BCUT2D eigenvalue weighted by Gasteiger charge is 2.14. The molecular weight excluding hydrogens is 212 g/mol. The summed E-state index contributed by atoms with van der Waals surface area (Å²) in [6.07, 6.45) is 4.20. The second-order valence-corrected chi connectivity index (χ2v) is 2.97. The van der Waals surface area contributed by atoms with Crippen molar-refractivity contribution < 1.29 is 14.7 Å². The van der Waals surface area contributed by atoms with Crippen LogP contribution in [0.25, 0.3) is 0 Å². The Morgan fingerprint density at radius 3 is 2.56 bits per heavy atom. The van der Waals surface area contributed by atoms with Gasteiger partial charge in [0.1, 0.15) is 12.9 Å². The first-order valence-corrected chi connectivity index (χ1v) is 4.66. The number of amides is 2. The Bertz CT molecular complexity index is 368. The fraction of sp³-hybridized carbons (Fsp3) is 0.333. The van der Waals surface area contributed by atoms with E-state index in [0.29, 0.717) is 12.2 Å². The lowest BCUT2D eigenvalue weighted by Crippen LogP contribution is -2.38. The zero-order valence-electron chi connectivity index (χ0n) is 8.75. The maximum atomic E-state index is 11.6. The smallest absolute Gasteiger partial charge is 0.323 e. The van der Waals surface area contributed by atoms with Gasteiger partial charge in [-0.1, -0.05) is 0 Å². The second-order valence-electron chi connectivity index (χ2n) is 2.97. The number of urea groups is 1. The summed E-state index contributed by atoms with van der Waals surface area (Å²) >= 11 is 0. The first-order chi connectivity index (χ1) is 7.63. The van der Waals surface area contributed by atoms with Gasteiger partial charge in [-0.15, -0.1) is 0 Å². The van der Waals surface area contributed by atoms with Crippen molar-refractivity contribution in [2.75, 3.05) is 18.4 Å². The molecule has 2 N–H and O–H groups in total. The molecule has 1 aromatic rings. The molecule has 0 radical (unpaired) electrons. The molecule has 0 saturated carbocycles. The highest BCUT2D eigenvalue weighted by molar-refractivity contribution is 5.90. The number of hydrogen-bond donors (Lipinski definition) is 2. The highest BCUT2D eigenvalue weighted by Crippen LogP contribution is 2.02. The molecule has 16 heavy (non-hydrogen) atoms. The number of anilines is 1. The lowest BCUT2D eigenvalue weighted by molar-refractivity contribution is -0.137. The van der Waals surface area contributed by atoms with Crippen molar-refractivity contribution in [1.82, 2.24) is 14.9 Å². The predicted octanol–water partition coefficient (Wildman–Crippen LogP) is 0.415. The lowest BCUT2D eigenvalue weighted by Gasteiger charge is -2.18. The van der Waals surface area contributed by atoms with Crippen LogP contribution in [-0.2, 0) is 4.79 Å². The van der Waals surface area contributed by atoms with Crippen molar-refractivity contribution in [3.63, 3.8) is 0 Å². The molecule has 1 rings (SSSR count). The molecule has 0 aromatic carbocycles. The van der Waals surface area contributed by atoms with Crippen LogP contribution in [0.4, 0.5) is 10.5 Å². The largest absolute Gasteiger partial charge is 0.480 e. The Morgan fingerprint density at radius 1 is 1.44 bits per heavy atom. The van der Waals surface area contributed by atoms with Crippen molar-refractivity contribution in [2.24, 2.45) is 0 Å². The van der Waals surface area contributed by atoms with Crippen LogP contribution in [0, 0.1) is 0 Å². The summed E-state index contributed by atoms with van der Waals surface area (Å²) in [5, 5.41) is 11.1. The maximum Gasteiger partial charge on any atom is 0.323 e. The van der Waals surface area contributed by atoms with E-state index < -0.39 is 12.0 Å². The van der Waals surface area contributed by atoms with Gasteiger partial charge in [0.15, 0.2) is 0 Å². The summed E-state index contributed by atoms with van der Waals surface area (Å²) in [5.74, 6) is -1.05. The summed E-state index contributed by atoms with van der Waals surface area (Å²) < 4.78 is 0. The van der Waals surface area contributed by atoms with Gasteiger partial charge in [-0.05, 0) is 6.92 Å². The summed E-state index contributed by atoms with van der Waals surface area (Å²) in [5.41, 5.74) is 0.427. The average molecular weight is 224 g/mol. The molecule has 1 heterocycles. The third-order valence-electron chi connectivity index (χ3n) is 1.81. The van der Waals surface area contributed by atoms with Crippen molar-refractivity contribution in [3.05, 3.63) is 18.7 Å². The molecule has 0 unspecified atom stereocenters. The fourth-order valence-electron chi connectivity index (χ4n) is 1.06. The number of carboxylic acid groups (broad SMARTS) is 1. The molecule has 7 heteroatoms. The van der Waals surface area contributed by atoms with E-state index in [1.54, 1.807) is 6.92 Å². The Hall–Kier alpha value is -2.18. The number of carboxylic acids is 1. The van der Waals surface area contributed by atoms with Crippen molar-refractivity contribution in [1.29, 1.82) is 0 Å². The molecule has 0 aliphatic carbocycles. The number of aromatic nitrogens is 2. The van der Waals surface area contributed by atoms with Crippen LogP contribution in [0.1, 0.15) is 6.92 Å². The zero-order valence-corrected chi connectivity index (χ0v) is 8.75. The summed E-state index contributed by atoms with van der Waals surface area (Å²) in [7, 11) is 0. The molecule has 0 spiro atoms. The Balaban J connectivity index is 2.59. The van der Waals surface area contributed by atoms with Gasteiger partial charge in [-0.25, -0.2) is 14.8 Å². The van der Waals surface area contributed by atoms with E-state index in [9.17, 15) is 9.59 Å². The van der Waals surface area contributed by atoms with Crippen LogP contribution in [0.15, 0.2) is 18.7 Å². The van der Waals surface area contributed by atoms with E-state index in [1.165, 1.54) is 18.7 Å². The Labute approximate surface area is 92.1 Å². The molecule has 86 valence electrons. The summed E-state index contributed by atoms with van der Waals surface area (Å²) in [6, 6.07) is -0.486. The molecule has 0 aliphatic heterocycles. The van der Waals surface area contributed by atoms with E-state index in [2.05, 4.69) is 15.3 Å². The zero-order chi connectivity index (χ0) is 12.0. The first kappa shape index (κ1) is 11.9. The quantitative estimate of drug-likeness (QED) is 0.772.